The number of amides is 2. The van der Waals surface area contributed by atoms with Crippen molar-refractivity contribution in [2.45, 2.75) is 33.5 Å². The molecule has 0 spiro atoms. The van der Waals surface area contributed by atoms with E-state index in [0.717, 1.165) is 10.5 Å². The largest absolute Gasteiger partial charge is 1.00 e. The third-order valence-corrected chi connectivity index (χ3v) is 3.84. The van der Waals surface area contributed by atoms with Crippen molar-refractivity contribution < 1.29 is 56.8 Å². The van der Waals surface area contributed by atoms with Crippen molar-refractivity contribution in [2.24, 2.45) is 0 Å². The summed E-state index contributed by atoms with van der Waals surface area (Å²) in [5.41, 5.74) is 1.46. The quantitative estimate of drug-likeness (QED) is 0.313. The number of carbonyl (C=O) groups is 1. The van der Waals surface area contributed by atoms with Gasteiger partial charge in [-0.05, 0) is 38.5 Å². The molecule has 2 amide bonds. The number of hydrogen-bond acceptors (Lipinski definition) is 6. The molecule has 0 radical (unpaired) electrons. The molecular weight excluding hydrogens is 371 g/mol. The zero-order chi connectivity index (χ0) is 18.9. The number of aryl methyl sites for hydroxylation is 1. The molecule has 0 saturated carbocycles. The molecule has 0 saturated heterocycles. The molecule has 1 aromatic rings. The Morgan fingerprint density at radius 1 is 1.27 bits per heavy atom. The van der Waals surface area contributed by atoms with Crippen molar-refractivity contribution in [1.82, 2.24) is 4.90 Å². The van der Waals surface area contributed by atoms with Gasteiger partial charge in [0.2, 0.25) is 0 Å². The van der Waals surface area contributed by atoms with Gasteiger partial charge < -0.3 is 24.2 Å². The maximum absolute atomic E-state index is 12.4. The second-order valence-corrected chi connectivity index (χ2v) is 6.75. The number of urea groups is 1. The van der Waals surface area contributed by atoms with E-state index in [0.29, 0.717) is 18.9 Å². The Hall–Kier alpha value is -0.680. The van der Waals surface area contributed by atoms with Gasteiger partial charge in [-0.25, -0.2) is 13.2 Å². The molecule has 142 valence electrons. The van der Waals surface area contributed by atoms with Gasteiger partial charge in [0.05, 0.1) is 0 Å². The van der Waals surface area contributed by atoms with Crippen LogP contribution < -0.4 is 34.9 Å². The fraction of sp³-hybridized carbons (Fsp3) is 0.562. The van der Waals surface area contributed by atoms with Crippen LogP contribution in [0.5, 0.6) is 0 Å². The van der Waals surface area contributed by atoms with E-state index in [4.69, 9.17) is 9.47 Å². The SMILES string of the molecule is CCOC(CCN(CS(=O)(=O)[O-])C(=O)Nc1cccc(C)c1)OCC.[Na+]. The Labute approximate surface area is 177 Å². The first-order chi connectivity index (χ1) is 11.7. The van der Waals surface area contributed by atoms with Gasteiger partial charge in [0.15, 0.2) is 6.29 Å². The van der Waals surface area contributed by atoms with Crippen LogP contribution in [0, 0.1) is 6.92 Å². The Bertz CT molecular complexity index is 650. The first-order valence-corrected chi connectivity index (χ1v) is 9.62. The van der Waals surface area contributed by atoms with E-state index in [2.05, 4.69) is 5.32 Å². The van der Waals surface area contributed by atoms with Crippen LogP contribution in [0.25, 0.3) is 0 Å². The Morgan fingerprint density at radius 3 is 2.38 bits per heavy atom. The minimum atomic E-state index is -4.61. The van der Waals surface area contributed by atoms with E-state index >= 15 is 0 Å². The van der Waals surface area contributed by atoms with E-state index in [1.54, 1.807) is 32.0 Å². The number of nitrogens with one attached hydrogen (secondary N) is 1. The van der Waals surface area contributed by atoms with Crippen LogP contribution in [-0.4, -0.2) is 55.8 Å². The zero-order valence-corrected chi connectivity index (χ0v) is 18.5. The maximum Gasteiger partial charge on any atom is 1.00 e. The molecule has 10 heteroatoms. The first-order valence-electron chi connectivity index (χ1n) is 8.04. The normalized spacial score (nSPS) is 11.1. The molecule has 0 bridgehead atoms. The van der Waals surface area contributed by atoms with Crippen LogP contribution in [0.15, 0.2) is 24.3 Å². The molecule has 1 N–H and O–H groups in total. The van der Waals surface area contributed by atoms with Gasteiger partial charge in [-0.3, -0.25) is 0 Å². The predicted octanol–water partition coefficient (Wildman–Crippen LogP) is -0.875. The van der Waals surface area contributed by atoms with E-state index < -0.39 is 28.3 Å². The standard InChI is InChI=1S/C16H26N2O6S.Na/c1-4-23-15(24-5-2)9-10-18(12-25(20,21)22)16(19)17-14-8-6-7-13(3)11-14;/h6-8,11,15H,4-5,9-10,12H2,1-3H3,(H,17,19)(H,20,21,22);/q;+1/p-1. The molecule has 8 nitrogen and oxygen atoms in total. The van der Waals surface area contributed by atoms with Gasteiger partial charge in [0.25, 0.3) is 0 Å². The second kappa shape index (κ2) is 12.7. The fourth-order valence-electron chi connectivity index (χ4n) is 2.19. The molecule has 0 fully saturated rings. The molecule has 1 aromatic carbocycles. The van der Waals surface area contributed by atoms with Gasteiger partial charge in [-0.15, -0.1) is 0 Å². The summed E-state index contributed by atoms with van der Waals surface area (Å²) >= 11 is 0. The van der Waals surface area contributed by atoms with E-state index in [9.17, 15) is 17.8 Å². The Kier molecular flexibility index (Phi) is 12.3. The molecule has 26 heavy (non-hydrogen) atoms. The number of benzene rings is 1. The summed E-state index contributed by atoms with van der Waals surface area (Å²) in [6.07, 6.45) is -0.322. The zero-order valence-electron chi connectivity index (χ0n) is 15.7. The summed E-state index contributed by atoms with van der Waals surface area (Å²) in [6, 6.07) is 6.38. The number of carbonyl (C=O) groups excluding carboxylic acids is 1. The summed E-state index contributed by atoms with van der Waals surface area (Å²) < 4.78 is 44.1. The Balaban J connectivity index is 0.00000625. The molecule has 0 heterocycles. The summed E-state index contributed by atoms with van der Waals surface area (Å²) in [7, 11) is -4.61. The average molecular weight is 396 g/mol. The second-order valence-electron chi connectivity index (χ2n) is 5.38. The van der Waals surface area contributed by atoms with Gasteiger partial charge in [0.1, 0.15) is 16.0 Å². The van der Waals surface area contributed by atoms with Gasteiger partial charge >= 0.3 is 35.6 Å². The van der Waals surface area contributed by atoms with Gasteiger partial charge in [-0.1, -0.05) is 12.1 Å². The molecule has 1 rings (SSSR count). The number of ether oxygens (including phenoxy) is 2. The van der Waals surface area contributed by atoms with Crippen molar-refractivity contribution in [3.8, 4) is 0 Å². The minimum absolute atomic E-state index is 0. The molecule has 0 aromatic heterocycles. The van der Waals surface area contributed by atoms with Crippen LogP contribution in [-0.2, 0) is 19.6 Å². The predicted molar refractivity (Wildman–Crippen MR) is 93.1 cm³/mol. The van der Waals surface area contributed by atoms with E-state index in [-0.39, 0.29) is 42.5 Å². The fourth-order valence-corrected chi connectivity index (χ4v) is 2.82. The average Bonchev–Trinajstić information content (AvgIpc) is 2.50. The molecule has 0 atom stereocenters. The van der Waals surface area contributed by atoms with Crippen LogP contribution in [0.2, 0.25) is 0 Å². The van der Waals surface area contributed by atoms with Crippen LogP contribution in [0.3, 0.4) is 0 Å². The molecule has 0 aliphatic carbocycles. The summed E-state index contributed by atoms with van der Waals surface area (Å²) in [5.74, 6) is -0.921. The number of nitrogens with zero attached hydrogens (tertiary/aromatic N) is 1. The van der Waals surface area contributed by atoms with Gasteiger partial charge in [-0.2, -0.15) is 0 Å². The van der Waals surface area contributed by atoms with Crippen molar-refractivity contribution >= 4 is 21.8 Å². The van der Waals surface area contributed by atoms with Crippen molar-refractivity contribution in [3.05, 3.63) is 29.8 Å². The van der Waals surface area contributed by atoms with Gasteiger partial charge in [0, 0.05) is 31.9 Å². The first kappa shape index (κ1) is 25.3. The van der Waals surface area contributed by atoms with E-state index in [1.165, 1.54) is 0 Å². The number of rotatable bonds is 10. The summed E-state index contributed by atoms with van der Waals surface area (Å²) in [6.45, 7) is 6.31. The van der Waals surface area contributed by atoms with Crippen LogP contribution >= 0.6 is 0 Å². The third kappa shape index (κ3) is 10.5. The third-order valence-electron chi connectivity index (χ3n) is 3.21. The number of hydrogen-bond donors (Lipinski definition) is 1. The number of anilines is 1. The van der Waals surface area contributed by atoms with E-state index in [1.807, 2.05) is 13.0 Å². The van der Waals surface area contributed by atoms with Crippen molar-refractivity contribution in [3.63, 3.8) is 0 Å². The van der Waals surface area contributed by atoms with Crippen molar-refractivity contribution in [2.75, 3.05) is 31.0 Å². The summed E-state index contributed by atoms with van der Waals surface area (Å²) in [4.78, 5) is 13.3. The van der Waals surface area contributed by atoms with Crippen LogP contribution in [0.4, 0.5) is 10.5 Å². The van der Waals surface area contributed by atoms with Crippen LogP contribution in [0.1, 0.15) is 25.8 Å². The van der Waals surface area contributed by atoms with Crippen molar-refractivity contribution in [1.29, 1.82) is 0 Å². The molecule has 0 aliphatic rings. The molecular formula is C16H25N2NaO6S. The summed E-state index contributed by atoms with van der Waals surface area (Å²) in [5, 5.41) is 2.60. The molecule has 0 unspecified atom stereocenters. The smallest absolute Gasteiger partial charge is 0.747 e. The monoisotopic (exact) mass is 396 g/mol. The topological polar surface area (TPSA) is 108 Å². The minimum Gasteiger partial charge on any atom is -0.747 e. The maximum atomic E-state index is 12.4. The molecule has 0 aliphatic heterocycles. The Morgan fingerprint density at radius 2 is 1.88 bits per heavy atom.